The molecule has 1 unspecified atom stereocenters. The van der Waals surface area contributed by atoms with E-state index in [1.165, 1.54) is 30.5 Å². The minimum atomic E-state index is 0.173. The normalized spacial score (nSPS) is 22.6. The van der Waals surface area contributed by atoms with Crippen molar-refractivity contribution in [3.63, 3.8) is 0 Å². The first-order valence-corrected chi connectivity index (χ1v) is 9.45. The number of aromatic amines is 1. The number of aromatic nitrogens is 4. The quantitative estimate of drug-likeness (QED) is 0.791. The van der Waals surface area contributed by atoms with E-state index in [9.17, 15) is 0 Å². The molecular formula is C21H23N5. The fourth-order valence-electron chi connectivity index (χ4n) is 4.62. The molecule has 1 saturated heterocycles. The molecule has 0 amide bonds. The molecule has 1 aromatic carbocycles. The molecule has 1 spiro atoms. The summed E-state index contributed by atoms with van der Waals surface area (Å²) >= 11 is 0. The molecule has 5 nitrogen and oxygen atoms in total. The highest BCUT2D eigenvalue weighted by molar-refractivity contribution is 5.55. The standard InChI is InChI=1S/C21H23N5/c1-2-5-16(6-3-1)20-24-13-17-7-9-21(19(17)25-20)8-4-12-26(15-21)14-18-22-10-11-23-18/h1-3,5-6,10-11,13H,4,7-9,12,14-15H2,(H,22,23). The Kier molecular flexibility index (Phi) is 3.82. The molecule has 132 valence electrons. The van der Waals surface area contributed by atoms with Crippen molar-refractivity contribution in [2.24, 2.45) is 0 Å². The minimum absolute atomic E-state index is 0.173. The van der Waals surface area contributed by atoms with Gasteiger partial charge in [-0.15, -0.1) is 0 Å². The van der Waals surface area contributed by atoms with E-state index < -0.39 is 0 Å². The molecule has 0 saturated carbocycles. The number of aryl methyl sites for hydroxylation is 1. The van der Waals surface area contributed by atoms with Gasteiger partial charge in [-0.1, -0.05) is 30.3 Å². The number of hydrogen-bond acceptors (Lipinski definition) is 4. The van der Waals surface area contributed by atoms with Crippen molar-refractivity contribution < 1.29 is 0 Å². The second kappa shape index (κ2) is 6.32. The largest absolute Gasteiger partial charge is 0.348 e. The highest BCUT2D eigenvalue weighted by Gasteiger charge is 2.43. The summed E-state index contributed by atoms with van der Waals surface area (Å²) in [6.45, 7) is 3.08. The van der Waals surface area contributed by atoms with Crippen molar-refractivity contribution in [3.8, 4) is 11.4 Å². The lowest BCUT2D eigenvalue weighted by molar-refractivity contribution is 0.134. The van der Waals surface area contributed by atoms with Crippen LogP contribution < -0.4 is 0 Å². The lowest BCUT2D eigenvalue weighted by atomic mass is 9.77. The van der Waals surface area contributed by atoms with E-state index in [4.69, 9.17) is 4.98 Å². The van der Waals surface area contributed by atoms with Crippen LogP contribution in [0.15, 0.2) is 48.9 Å². The summed E-state index contributed by atoms with van der Waals surface area (Å²) in [7, 11) is 0. The summed E-state index contributed by atoms with van der Waals surface area (Å²) in [5, 5.41) is 0. The molecule has 2 aromatic heterocycles. The molecule has 3 aromatic rings. The van der Waals surface area contributed by atoms with Crippen LogP contribution in [0.2, 0.25) is 0 Å². The summed E-state index contributed by atoms with van der Waals surface area (Å²) < 4.78 is 0. The molecule has 26 heavy (non-hydrogen) atoms. The number of hydrogen-bond donors (Lipinski definition) is 1. The number of nitrogens with zero attached hydrogens (tertiary/aromatic N) is 4. The molecule has 5 heteroatoms. The van der Waals surface area contributed by atoms with Gasteiger partial charge in [0.15, 0.2) is 5.82 Å². The summed E-state index contributed by atoms with van der Waals surface area (Å²) in [4.78, 5) is 19.9. The smallest absolute Gasteiger partial charge is 0.159 e. The highest BCUT2D eigenvalue weighted by atomic mass is 15.2. The predicted octanol–water partition coefficient (Wildman–Crippen LogP) is 3.35. The number of fused-ring (bicyclic) bond motifs is 2. The number of H-pyrrole nitrogens is 1. The Bertz CT molecular complexity index is 886. The molecule has 1 aliphatic heterocycles. The molecule has 0 bridgehead atoms. The zero-order valence-corrected chi connectivity index (χ0v) is 14.9. The van der Waals surface area contributed by atoms with Crippen molar-refractivity contribution in [1.29, 1.82) is 0 Å². The van der Waals surface area contributed by atoms with Crippen LogP contribution >= 0.6 is 0 Å². The molecule has 1 N–H and O–H groups in total. The van der Waals surface area contributed by atoms with Crippen LogP contribution in [0.5, 0.6) is 0 Å². The minimum Gasteiger partial charge on any atom is -0.348 e. The van der Waals surface area contributed by atoms with Crippen LogP contribution in [-0.2, 0) is 18.4 Å². The Labute approximate surface area is 153 Å². The predicted molar refractivity (Wildman–Crippen MR) is 101 cm³/mol. The lowest BCUT2D eigenvalue weighted by Gasteiger charge is -2.40. The number of likely N-dealkylation sites (tertiary alicyclic amines) is 1. The second-order valence-corrected chi connectivity index (χ2v) is 7.56. The topological polar surface area (TPSA) is 57.7 Å². The summed E-state index contributed by atoms with van der Waals surface area (Å²) in [5.41, 5.74) is 3.90. The molecule has 1 atom stereocenters. The first kappa shape index (κ1) is 15.7. The van der Waals surface area contributed by atoms with Crippen LogP contribution in [0, 0.1) is 0 Å². The van der Waals surface area contributed by atoms with Gasteiger partial charge < -0.3 is 4.98 Å². The fraction of sp³-hybridized carbons (Fsp3) is 0.381. The van der Waals surface area contributed by atoms with Crippen LogP contribution in [0.25, 0.3) is 11.4 Å². The van der Waals surface area contributed by atoms with Gasteiger partial charge in [0.05, 0.1) is 12.2 Å². The molecule has 2 aliphatic rings. The number of nitrogens with one attached hydrogen (secondary N) is 1. The van der Waals surface area contributed by atoms with Crippen LogP contribution in [0.1, 0.15) is 36.3 Å². The maximum atomic E-state index is 5.07. The van der Waals surface area contributed by atoms with Crippen molar-refractivity contribution in [2.75, 3.05) is 13.1 Å². The van der Waals surface area contributed by atoms with Gasteiger partial charge in [-0.25, -0.2) is 15.0 Å². The Balaban J connectivity index is 1.46. The average Bonchev–Trinajstić information content (AvgIpc) is 3.31. The van der Waals surface area contributed by atoms with Crippen LogP contribution in [-0.4, -0.2) is 37.9 Å². The van der Waals surface area contributed by atoms with Gasteiger partial charge in [0.25, 0.3) is 0 Å². The number of piperidine rings is 1. The number of benzene rings is 1. The van der Waals surface area contributed by atoms with E-state index >= 15 is 0 Å². The van der Waals surface area contributed by atoms with E-state index in [0.717, 1.165) is 43.3 Å². The van der Waals surface area contributed by atoms with E-state index in [1.807, 2.05) is 30.6 Å². The van der Waals surface area contributed by atoms with Gasteiger partial charge in [0, 0.05) is 36.1 Å². The van der Waals surface area contributed by atoms with E-state index in [1.54, 1.807) is 0 Å². The lowest BCUT2D eigenvalue weighted by Crippen LogP contribution is -2.45. The zero-order chi connectivity index (χ0) is 17.4. The van der Waals surface area contributed by atoms with Crippen LogP contribution in [0.4, 0.5) is 0 Å². The first-order chi connectivity index (χ1) is 12.8. The second-order valence-electron chi connectivity index (χ2n) is 7.56. The van der Waals surface area contributed by atoms with E-state index in [0.29, 0.717) is 0 Å². The highest BCUT2D eigenvalue weighted by Crippen LogP contribution is 2.44. The zero-order valence-electron chi connectivity index (χ0n) is 14.9. The van der Waals surface area contributed by atoms with Gasteiger partial charge in [-0.2, -0.15) is 0 Å². The van der Waals surface area contributed by atoms with Crippen LogP contribution in [0.3, 0.4) is 0 Å². The Morgan fingerprint density at radius 1 is 1.12 bits per heavy atom. The maximum Gasteiger partial charge on any atom is 0.159 e. The molecule has 3 heterocycles. The SMILES string of the molecule is c1ccc(-c2ncc3c(n2)C2(CCCN(Cc4ncc[nH]4)C2)CC3)cc1. The fourth-order valence-corrected chi connectivity index (χ4v) is 4.62. The Morgan fingerprint density at radius 2 is 2.04 bits per heavy atom. The third kappa shape index (κ3) is 2.72. The molecule has 0 radical (unpaired) electrons. The summed E-state index contributed by atoms with van der Waals surface area (Å²) in [6.07, 6.45) is 10.5. The van der Waals surface area contributed by atoms with Gasteiger partial charge in [-0.3, -0.25) is 4.90 Å². The Hall–Kier alpha value is -2.53. The summed E-state index contributed by atoms with van der Waals surface area (Å²) in [6, 6.07) is 10.3. The third-order valence-corrected chi connectivity index (χ3v) is 5.86. The molecule has 5 rings (SSSR count). The van der Waals surface area contributed by atoms with Gasteiger partial charge in [-0.05, 0) is 37.8 Å². The van der Waals surface area contributed by atoms with Crippen molar-refractivity contribution in [2.45, 2.75) is 37.6 Å². The van der Waals surface area contributed by atoms with E-state index in [2.05, 4.69) is 38.2 Å². The summed E-state index contributed by atoms with van der Waals surface area (Å²) in [5.74, 6) is 1.90. The molecular weight excluding hydrogens is 322 g/mol. The maximum absolute atomic E-state index is 5.07. The molecule has 1 fully saturated rings. The van der Waals surface area contributed by atoms with Gasteiger partial charge >= 0.3 is 0 Å². The van der Waals surface area contributed by atoms with Gasteiger partial charge in [0.1, 0.15) is 5.82 Å². The Morgan fingerprint density at radius 3 is 2.88 bits per heavy atom. The first-order valence-electron chi connectivity index (χ1n) is 9.45. The van der Waals surface area contributed by atoms with E-state index in [-0.39, 0.29) is 5.41 Å². The monoisotopic (exact) mass is 345 g/mol. The van der Waals surface area contributed by atoms with Gasteiger partial charge in [0.2, 0.25) is 0 Å². The molecule has 1 aliphatic carbocycles. The van der Waals surface area contributed by atoms with Crippen molar-refractivity contribution in [1.82, 2.24) is 24.8 Å². The third-order valence-electron chi connectivity index (χ3n) is 5.86. The van der Waals surface area contributed by atoms with Crippen molar-refractivity contribution in [3.05, 3.63) is 66.0 Å². The number of imidazole rings is 1. The van der Waals surface area contributed by atoms with Crippen molar-refractivity contribution >= 4 is 0 Å². The average molecular weight is 345 g/mol. The number of rotatable bonds is 3.